The van der Waals surface area contributed by atoms with Crippen LogP contribution in [0.1, 0.15) is 10.5 Å². The highest BCUT2D eigenvalue weighted by Gasteiger charge is 2.20. The Morgan fingerprint density at radius 1 is 1.00 bits per heavy atom. The predicted octanol–water partition coefficient (Wildman–Crippen LogP) is 4.17. The van der Waals surface area contributed by atoms with Crippen molar-refractivity contribution in [3.63, 3.8) is 0 Å². The van der Waals surface area contributed by atoms with Crippen LogP contribution in [0.4, 0.5) is 0 Å². The number of aromatic amines is 1. The number of nitrogens with zero attached hydrogens (tertiary/aromatic N) is 1. The van der Waals surface area contributed by atoms with Crippen molar-refractivity contribution in [2.45, 2.75) is 0 Å². The average molecular weight is 302 g/mol. The van der Waals surface area contributed by atoms with E-state index in [1.165, 1.54) is 7.11 Å². The normalized spacial score (nSPS) is 11.0. The number of carbonyl (C=O) groups is 1. The molecule has 2 heterocycles. The van der Waals surface area contributed by atoms with Gasteiger partial charge in [-0.1, -0.05) is 48.5 Å². The van der Waals surface area contributed by atoms with E-state index in [-0.39, 0.29) is 0 Å². The zero-order valence-electron chi connectivity index (χ0n) is 12.5. The van der Waals surface area contributed by atoms with Gasteiger partial charge in [0.1, 0.15) is 0 Å². The monoisotopic (exact) mass is 302 g/mol. The minimum atomic E-state index is -0.434. The van der Waals surface area contributed by atoms with Crippen LogP contribution in [0, 0.1) is 0 Å². The summed E-state index contributed by atoms with van der Waals surface area (Å²) in [4.78, 5) is 19.9. The van der Waals surface area contributed by atoms with E-state index in [0.717, 1.165) is 32.9 Å². The molecule has 0 unspecified atom stereocenters. The lowest BCUT2D eigenvalue weighted by atomic mass is 9.98. The molecule has 2 aromatic carbocycles. The van der Waals surface area contributed by atoms with Crippen molar-refractivity contribution in [2.24, 2.45) is 0 Å². The van der Waals surface area contributed by atoms with Crippen molar-refractivity contribution in [3.05, 3.63) is 66.5 Å². The standard InChI is InChI=1S/C19H14N2O2/c1-23-19(22)18-16(12-7-3-2-4-8-12)17-13-9-5-6-10-14(13)21-15(17)11-20-18/h2-11,21H,1H3. The number of para-hydroxylation sites is 1. The van der Waals surface area contributed by atoms with Crippen LogP contribution in [0.15, 0.2) is 60.8 Å². The van der Waals surface area contributed by atoms with Crippen LogP contribution in [0.5, 0.6) is 0 Å². The minimum absolute atomic E-state index is 0.330. The van der Waals surface area contributed by atoms with E-state index in [2.05, 4.69) is 9.97 Å². The first-order valence-corrected chi connectivity index (χ1v) is 7.33. The molecule has 0 aliphatic rings. The fourth-order valence-corrected chi connectivity index (χ4v) is 2.98. The number of methoxy groups -OCH3 is 1. The van der Waals surface area contributed by atoms with E-state index in [1.807, 2.05) is 54.6 Å². The van der Waals surface area contributed by atoms with Gasteiger partial charge in [-0.15, -0.1) is 0 Å². The highest BCUT2D eigenvalue weighted by molar-refractivity contribution is 6.17. The summed E-state index contributed by atoms with van der Waals surface area (Å²) in [6, 6.07) is 17.8. The number of nitrogens with one attached hydrogen (secondary N) is 1. The Bertz CT molecular complexity index is 1020. The van der Waals surface area contributed by atoms with Crippen molar-refractivity contribution in [3.8, 4) is 11.1 Å². The maximum absolute atomic E-state index is 12.2. The summed E-state index contributed by atoms with van der Waals surface area (Å²) >= 11 is 0. The maximum atomic E-state index is 12.2. The Hall–Kier alpha value is -3.14. The zero-order valence-corrected chi connectivity index (χ0v) is 12.5. The number of aromatic nitrogens is 2. The number of rotatable bonds is 2. The van der Waals surface area contributed by atoms with Gasteiger partial charge in [-0.25, -0.2) is 9.78 Å². The molecule has 23 heavy (non-hydrogen) atoms. The molecule has 0 atom stereocenters. The van der Waals surface area contributed by atoms with Crippen molar-refractivity contribution in [2.75, 3.05) is 7.11 Å². The van der Waals surface area contributed by atoms with Crippen LogP contribution in [-0.4, -0.2) is 23.0 Å². The van der Waals surface area contributed by atoms with E-state index in [9.17, 15) is 4.79 Å². The number of hydrogen-bond acceptors (Lipinski definition) is 3. The van der Waals surface area contributed by atoms with Gasteiger partial charge in [0, 0.05) is 21.9 Å². The first kappa shape index (κ1) is 13.5. The van der Waals surface area contributed by atoms with Gasteiger partial charge in [0.15, 0.2) is 5.69 Å². The van der Waals surface area contributed by atoms with E-state index >= 15 is 0 Å². The molecule has 0 aliphatic carbocycles. The Morgan fingerprint density at radius 3 is 2.52 bits per heavy atom. The lowest BCUT2D eigenvalue weighted by Gasteiger charge is -2.09. The fraction of sp³-hybridized carbons (Fsp3) is 0.0526. The van der Waals surface area contributed by atoms with E-state index in [4.69, 9.17) is 4.74 Å². The highest BCUT2D eigenvalue weighted by Crippen LogP contribution is 2.36. The summed E-state index contributed by atoms with van der Waals surface area (Å²) in [5, 5.41) is 2.05. The second-order valence-corrected chi connectivity index (χ2v) is 5.30. The van der Waals surface area contributed by atoms with Crippen LogP contribution < -0.4 is 0 Å². The SMILES string of the molecule is COC(=O)c1ncc2[nH]c3ccccc3c2c1-c1ccccc1. The predicted molar refractivity (Wildman–Crippen MR) is 90.4 cm³/mol. The summed E-state index contributed by atoms with van der Waals surface area (Å²) in [5.74, 6) is -0.434. The summed E-state index contributed by atoms with van der Waals surface area (Å²) in [5.41, 5.74) is 3.99. The molecule has 2 aromatic heterocycles. The third-order valence-electron chi connectivity index (χ3n) is 3.99. The molecule has 0 saturated heterocycles. The van der Waals surface area contributed by atoms with Gasteiger partial charge in [0.25, 0.3) is 0 Å². The molecule has 0 amide bonds. The topological polar surface area (TPSA) is 55.0 Å². The number of H-pyrrole nitrogens is 1. The number of fused-ring (bicyclic) bond motifs is 3. The Morgan fingerprint density at radius 2 is 1.74 bits per heavy atom. The van der Waals surface area contributed by atoms with Crippen molar-refractivity contribution < 1.29 is 9.53 Å². The molecular weight excluding hydrogens is 288 g/mol. The quantitative estimate of drug-likeness (QED) is 0.565. The van der Waals surface area contributed by atoms with Crippen LogP contribution in [0.2, 0.25) is 0 Å². The van der Waals surface area contributed by atoms with Crippen LogP contribution >= 0.6 is 0 Å². The first-order valence-electron chi connectivity index (χ1n) is 7.33. The van der Waals surface area contributed by atoms with Gasteiger partial charge in [-0.05, 0) is 11.6 Å². The molecule has 1 N–H and O–H groups in total. The third-order valence-corrected chi connectivity index (χ3v) is 3.99. The molecule has 0 saturated carbocycles. The van der Waals surface area contributed by atoms with Gasteiger partial charge in [0.05, 0.1) is 18.8 Å². The molecule has 112 valence electrons. The number of esters is 1. The second kappa shape index (κ2) is 5.25. The molecule has 0 spiro atoms. The number of ether oxygens (including phenoxy) is 1. The number of pyridine rings is 1. The second-order valence-electron chi connectivity index (χ2n) is 5.30. The van der Waals surface area contributed by atoms with Gasteiger partial charge >= 0.3 is 5.97 Å². The molecule has 4 nitrogen and oxygen atoms in total. The zero-order chi connectivity index (χ0) is 15.8. The molecule has 4 aromatic rings. The van der Waals surface area contributed by atoms with Crippen LogP contribution in [0.3, 0.4) is 0 Å². The Kier molecular flexibility index (Phi) is 3.08. The Balaban J connectivity index is 2.19. The van der Waals surface area contributed by atoms with Gasteiger partial charge in [-0.3, -0.25) is 0 Å². The van der Waals surface area contributed by atoms with Gasteiger partial charge in [-0.2, -0.15) is 0 Å². The van der Waals surface area contributed by atoms with E-state index < -0.39 is 5.97 Å². The molecule has 4 heteroatoms. The van der Waals surface area contributed by atoms with Crippen molar-refractivity contribution in [1.82, 2.24) is 9.97 Å². The number of hydrogen-bond donors (Lipinski definition) is 1. The average Bonchev–Trinajstić information content (AvgIpc) is 2.99. The minimum Gasteiger partial charge on any atom is -0.464 e. The summed E-state index contributed by atoms with van der Waals surface area (Å²) in [6.45, 7) is 0. The summed E-state index contributed by atoms with van der Waals surface area (Å²) in [7, 11) is 1.37. The molecule has 0 radical (unpaired) electrons. The van der Waals surface area contributed by atoms with Crippen LogP contribution in [0.25, 0.3) is 32.9 Å². The Labute approximate surface area is 132 Å². The largest absolute Gasteiger partial charge is 0.464 e. The maximum Gasteiger partial charge on any atom is 0.357 e. The summed E-state index contributed by atoms with van der Waals surface area (Å²) in [6.07, 6.45) is 1.69. The van der Waals surface area contributed by atoms with E-state index in [0.29, 0.717) is 5.69 Å². The highest BCUT2D eigenvalue weighted by atomic mass is 16.5. The van der Waals surface area contributed by atoms with Crippen molar-refractivity contribution in [1.29, 1.82) is 0 Å². The lowest BCUT2D eigenvalue weighted by molar-refractivity contribution is 0.0595. The van der Waals surface area contributed by atoms with E-state index in [1.54, 1.807) is 6.20 Å². The molecular formula is C19H14N2O2. The van der Waals surface area contributed by atoms with Gasteiger partial charge < -0.3 is 9.72 Å². The molecule has 0 bridgehead atoms. The van der Waals surface area contributed by atoms with Crippen molar-refractivity contribution >= 4 is 27.8 Å². The molecule has 0 fully saturated rings. The summed E-state index contributed by atoms with van der Waals surface area (Å²) < 4.78 is 4.92. The first-order chi connectivity index (χ1) is 11.3. The van der Waals surface area contributed by atoms with Gasteiger partial charge in [0.2, 0.25) is 0 Å². The number of carbonyl (C=O) groups excluding carboxylic acids is 1. The number of benzene rings is 2. The lowest BCUT2D eigenvalue weighted by Crippen LogP contribution is -2.06. The smallest absolute Gasteiger partial charge is 0.357 e. The fourth-order valence-electron chi connectivity index (χ4n) is 2.98. The third kappa shape index (κ3) is 2.07. The van der Waals surface area contributed by atoms with Crippen LogP contribution in [-0.2, 0) is 4.74 Å². The molecule has 4 rings (SSSR count). The molecule has 0 aliphatic heterocycles.